The largest absolute Gasteiger partial charge is 0.497 e. The molecular weight excluding hydrogens is 288 g/mol. The predicted octanol–water partition coefficient (Wildman–Crippen LogP) is 2.88. The number of aryl methyl sites for hydroxylation is 1. The van der Waals surface area contributed by atoms with E-state index < -0.39 is 0 Å². The molecule has 1 heterocycles. The molecule has 0 saturated carbocycles. The third-order valence-electron chi connectivity index (χ3n) is 3.06. The van der Waals surface area contributed by atoms with Crippen molar-refractivity contribution in [3.63, 3.8) is 0 Å². The van der Waals surface area contributed by atoms with E-state index in [1.807, 2.05) is 43.1 Å². The molecule has 0 N–H and O–H groups in total. The second kappa shape index (κ2) is 6.58. The Morgan fingerprint density at radius 2 is 1.95 bits per heavy atom. The van der Waals surface area contributed by atoms with E-state index in [1.54, 1.807) is 7.11 Å². The van der Waals surface area contributed by atoms with Gasteiger partial charge in [-0.2, -0.15) is 0 Å². The summed E-state index contributed by atoms with van der Waals surface area (Å²) in [4.78, 5) is 18.6. The molecular formula is C15H18N2O3S. The Morgan fingerprint density at radius 1 is 1.29 bits per heavy atom. The van der Waals surface area contributed by atoms with Gasteiger partial charge in [-0.1, -0.05) is 23.5 Å². The first-order valence-corrected chi connectivity index (χ1v) is 7.26. The molecule has 0 bridgehead atoms. The molecule has 0 saturated heterocycles. The maximum atomic E-state index is 11.6. The predicted molar refractivity (Wildman–Crippen MR) is 83.3 cm³/mol. The van der Waals surface area contributed by atoms with Crippen molar-refractivity contribution in [2.75, 3.05) is 26.2 Å². The molecule has 0 amide bonds. The average molecular weight is 306 g/mol. The van der Waals surface area contributed by atoms with Crippen LogP contribution in [-0.2, 0) is 11.3 Å². The molecule has 1 aromatic heterocycles. The summed E-state index contributed by atoms with van der Waals surface area (Å²) in [6, 6.07) is 7.88. The van der Waals surface area contributed by atoms with Crippen LogP contribution >= 0.6 is 11.3 Å². The van der Waals surface area contributed by atoms with E-state index in [0.717, 1.165) is 16.4 Å². The Kier molecular flexibility index (Phi) is 4.80. The summed E-state index contributed by atoms with van der Waals surface area (Å²) in [6.45, 7) is 2.52. The topological polar surface area (TPSA) is 51.7 Å². The number of aromatic nitrogens is 1. The van der Waals surface area contributed by atoms with Gasteiger partial charge in [0.25, 0.3) is 0 Å². The minimum absolute atomic E-state index is 0.339. The zero-order chi connectivity index (χ0) is 15.4. The van der Waals surface area contributed by atoms with Crippen molar-refractivity contribution in [2.45, 2.75) is 13.5 Å². The van der Waals surface area contributed by atoms with Crippen molar-refractivity contribution in [1.82, 2.24) is 4.98 Å². The fourth-order valence-corrected chi connectivity index (χ4v) is 2.85. The molecule has 0 spiro atoms. The van der Waals surface area contributed by atoms with E-state index >= 15 is 0 Å². The zero-order valence-corrected chi connectivity index (χ0v) is 13.4. The van der Waals surface area contributed by atoms with Crippen LogP contribution in [0, 0.1) is 6.92 Å². The number of benzene rings is 1. The van der Waals surface area contributed by atoms with E-state index in [9.17, 15) is 4.79 Å². The summed E-state index contributed by atoms with van der Waals surface area (Å²) in [7, 11) is 4.97. The van der Waals surface area contributed by atoms with Crippen LogP contribution in [0.15, 0.2) is 24.3 Å². The first kappa shape index (κ1) is 15.3. The van der Waals surface area contributed by atoms with Crippen molar-refractivity contribution in [3.05, 3.63) is 40.4 Å². The van der Waals surface area contributed by atoms with Gasteiger partial charge in [0.05, 0.1) is 19.9 Å². The van der Waals surface area contributed by atoms with Crippen molar-refractivity contribution in [1.29, 1.82) is 0 Å². The maximum absolute atomic E-state index is 11.6. The first-order valence-electron chi connectivity index (χ1n) is 6.45. The van der Waals surface area contributed by atoms with Crippen LogP contribution in [-0.4, -0.2) is 32.2 Å². The molecule has 112 valence electrons. The Hall–Kier alpha value is -2.08. The number of carbonyl (C=O) groups is 1. The molecule has 0 fully saturated rings. The standard InChI is InChI=1S/C15H18N2O3S/c1-10-13(14(18)20-4)21-15(16-10)17(2)9-11-5-7-12(19-3)8-6-11/h5-8H,9H2,1-4H3. The minimum atomic E-state index is -0.339. The molecule has 1 aromatic carbocycles. The summed E-state index contributed by atoms with van der Waals surface area (Å²) in [5, 5.41) is 0.795. The van der Waals surface area contributed by atoms with Crippen molar-refractivity contribution < 1.29 is 14.3 Å². The van der Waals surface area contributed by atoms with Crippen LogP contribution in [0.2, 0.25) is 0 Å². The Bertz CT molecular complexity index is 622. The summed E-state index contributed by atoms with van der Waals surface area (Å²) in [5.41, 5.74) is 1.84. The molecule has 0 radical (unpaired) electrons. The zero-order valence-electron chi connectivity index (χ0n) is 12.5. The molecule has 6 heteroatoms. The third kappa shape index (κ3) is 3.52. The van der Waals surface area contributed by atoms with Gasteiger partial charge in [-0.3, -0.25) is 0 Å². The number of esters is 1. The van der Waals surface area contributed by atoms with E-state index in [4.69, 9.17) is 9.47 Å². The van der Waals surface area contributed by atoms with Crippen molar-refractivity contribution >= 4 is 22.4 Å². The number of anilines is 1. The highest BCUT2D eigenvalue weighted by molar-refractivity contribution is 7.17. The van der Waals surface area contributed by atoms with Crippen molar-refractivity contribution in [3.8, 4) is 5.75 Å². The van der Waals surface area contributed by atoms with E-state index in [-0.39, 0.29) is 5.97 Å². The number of ether oxygens (including phenoxy) is 2. The number of rotatable bonds is 5. The molecule has 0 aliphatic heterocycles. The number of hydrogen-bond donors (Lipinski definition) is 0. The summed E-state index contributed by atoms with van der Waals surface area (Å²) < 4.78 is 9.89. The highest BCUT2D eigenvalue weighted by Crippen LogP contribution is 2.27. The fourth-order valence-electron chi connectivity index (χ4n) is 1.90. The quantitative estimate of drug-likeness (QED) is 0.795. The number of thiazole rings is 1. The highest BCUT2D eigenvalue weighted by Gasteiger charge is 2.17. The van der Waals surface area contributed by atoms with Crippen LogP contribution < -0.4 is 9.64 Å². The lowest BCUT2D eigenvalue weighted by molar-refractivity contribution is 0.0605. The first-order chi connectivity index (χ1) is 10.0. The van der Waals surface area contributed by atoms with Crippen LogP contribution in [0.3, 0.4) is 0 Å². The number of nitrogens with zero attached hydrogens (tertiary/aromatic N) is 2. The second-order valence-corrected chi connectivity index (χ2v) is 5.58. The van der Waals surface area contributed by atoms with E-state index in [2.05, 4.69) is 4.98 Å². The molecule has 21 heavy (non-hydrogen) atoms. The molecule has 0 unspecified atom stereocenters. The second-order valence-electron chi connectivity index (χ2n) is 4.61. The molecule has 0 aliphatic rings. The molecule has 0 atom stereocenters. The van der Waals surface area contributed by atoms with Crippen LogP contribution in [0.4, 0.5) is 5.13 Å². The lowest BCUT2D eigenvalue weighted by atomic mass is 10.2. The van der Waals surface area contributed by atoms with Crippen LogP contribution in [0.25, 0.3) is 0 Å². The van der Waals surface area contributed by atoms with Gasteiger partial charge in [-0.15, -0.1) is 0 Å². The normalized spacial score (nSPS) is 10.3. The molecule has 5 nitrogen and oxygen atoms in total. The van der Waals surface area contributed by atoms with Gasteiger partial charge in [0, 0.05) is 13.6 Å². The number of methoxy groups -OCH3 is 2. The highest BCUT2D eigenvalue weighted by atomic mass is 32.1. The van der Waals surface area contributed by atoms with Gasteiger partial charge < -0.3 is 14.4 Å². The summed E-state index contributed by atoms with van der Waals surface area (Å²) >= 11 is 1.34. The molecule has 0 aliphatic carbocycles. The van der Waals surface area contributed by atoms with Gasteiger partial charge >= 0.3 is 5.97 Å². The Labute approximate surface area is 128 Å². The van der Waals surface area contributed by atoms with Crippen molar-refractivity contribution in [2.24, 2.45) is 0 Å². The van der Waals surface area contributed by atoms with Gasteiger partial charge in [-0.05, 0) is 24.6 Å². The summed E-state index contributed by atoms with van der Waals surface area (Å²) in [6.07, 6.45) is 0. The maximum Gasteiger partial charge on any atom is 0.350 e. The van der Waals surface area contributed by atoms with E-state index in [1.165, 1.54) is 18.4 Å². The lowest BCUT2D eigenvalue weighted by Crippen LogP contribution is -2.15. The SMILES string of the molecule is COC(=O)c1sc(N(C)Cc2ccc(OC)cc2)nc1C. The Morgan fingerprint density at radius 3 is 2.52 bits per heavy atom. The lowest BCUT2D eigenvalue weighted by Gasteiger charge is -2.15. The van der Waals surface area contributed by atoms with Crippen LogP contribution in [0.1, 0.15) is 20.9 Å². The molecule has 2 aromatic rings. The van der Waals surface area contributed by atoms with Gasteiger partial charge in [-0.25, -0.2) is 9.78 Å². The van der Waals surface area contributed by atoms with Crippen LogP contribution in [0.5, 0.6) is 5.75 Å². The smallest absolute Gasteiger partial charge is 0.350 e. The summed E-state index contributed by atoms with van der Waals surface area (Å²) in [5.74, 6) is 0.494. The monoisotopic (exact) mass is 306 g/mol. The number of hydrogen-bond acceptors (Lipinski definition) is 6. The van der Waals surface area contributed by atoms with E-state index in [0.29, 0.717) is 17.1 Å². The molecule has 2 rings (SSSR count). The van der Waals surface area contributed by atoms with Gasteiger partial charge in [0.1, 0.15) is 10.6 Å². The minimum Gasteiger partial charge on any atom is -0.497 e. The van der Waals surface area contributed by atoms with Gasteiger partial charge in [0.2, 0.25) is 0 Å². The van der Waals surface area contributed by atoms with Gasteiger partial charge in [0.15, 0.2) is 5.13 Å². The average Bonchev–Trinajstić information content (AvgIpc) is 2.89. The number of carbonyl (C=O) groups excluding carboxylic acids is 1. The fraction of sp³-hybridized carbons (Fsp3) is 0.333. The third-order valence-corrected chi connectivity index (χ3v) is 4.31. The Balaban J connectivity index is 2.12.